The summed E-state index contributed by atoms with van der Waals surface area (Å²) in [4.78, 5) is 43.8. The highest BCUT2D eigenvalue weighted by molar-refractivity contribution is 7.07. The number of methoxy groups -OCH3 is 2. The number of esters is 2. The molecule has 1 atom stereocenters. The average molecular weight is 609 g/mol. The van der Waals surface area contributed by atoms with Gasteiger partial charge in [-0.05, 0) is 61.7 Å². The van der Waals surface area contributed by atoms with E-state index in [9.17, 15) is 14.4 Å². The van der Waals surface area contributed by atoms with Crippen molar-refractivity contribution in [2.45, 2.75) is 53.0 Å². The number of hydrogen-bond acceptors (Lipinski definition) is 10. The Kier molecular flexibility index (Phi) is 10.4. The van der Waals surface area contributed by atoms with E-state index >= 15 is 0 Å². The Bertz CT molecular complexity index is 1720. The van der Waals surface area contributed by atoms with Gasteiger partial charge < -0.3 is 23.7 Å². The molecule has 1 aromatic heterocycles. The number of benzene rings is 2. The molecule has 4 rings (SSSR count). The van der Waals surface area contributed by atoms with E-state index in [2.05, 4.69) is 11.9 Å². The maximum absolute atomic E-state index is 14.0. The van der Waals surface area contributed by atoms with Gasteiger partial charge in [-0.15, -0.1) is 0 Å². The third-order valence-electron chi connectivity index (χ3n) is 6.77. The molecule has 0 unspecified atom stereocenters. The summed E-state index contributed by atoms with van der Waals surface area (Å²) in [5, 5.41) is 0. The number of thiazole rings is 1. The van der Waals surface area contributed by atoms with Crippen LogP contribution in [0.1, 0.15) is 64.1 Å². The van der Waals surface area contributed by atoms with Crippen LogP contribution in [0, 0.1) is 0 Å². The van der Waals surface area contributed by atoms with Crippen LogP contribution in [0.3, 0.4) is 0 Å². The number of ether oxygens (including phenoxy) is 5. The highest BCUT2D eigenvalue weighted by atomic mass is 32.1. The van der Waals surface area contributed by atoms with Crippen LogP contribution in [0.5, 0.6) is 23.0 Å². The first-order chi connectivity index (χ1) is 20.7. The Morgan fingerprint density at radius 2 is 1.72 bits per heavy atom. The van der Waals surface area contributed by atoms with Gasteiger partial charge in [0.2, 0.25) is 0 Å². The molecule has 0 saturated heterocycles. The number of carbonyl (C=O) groups excluding carboxylic acids is 2. The number of rotatable bonds is 12. The maximum Gasteiger partial charge on any atom is 0.338 e. The van der Waals surface area contributed by atoms with Gasteiger partial charge in [-0.2, -0.15) is 0 Å². The minimum Gasteiger partial charge on any atom is -0.493 e. The number of allylic oxidation sites excluding steroid dienone is 1. The number of aromatic nitrogens is 1. The van der Waals surface area contributed by atoms with Gasteiger partial charge in [-0.1, -0.05) is 43.2 Å². The van der Waals surface area contributed by atoms with E-state index in [4.69, 9.17) is 23.7 Å². The molecule has 0 fully saturated rings. The Morgan fingerprint density at radius 3 is 2.40 bits per heavy atom. The third-order valence-corrected chi connectivity index (χ3v) is 7.75. The molecule has 0 saturated carbocycles. The van der Waals surface area contributed by atoms with Gasteiger partial charge in [0.1, 0.15) is 0 Å². The molecule has 0 spiro atoms. The molecule has 2 heterocycles. The summed E-state index contributed by atoms with van der Waals surface area (Å²) in [6.07, 6.45) is 4.90. The zero-order valence-electron chi connectivity index (χ0n) is 25.2. The number of unbranched alkanes of at least 4 members (excludes halogenated alkanes) is 2. The van der Waals surface area contributed by atoms with Crippen molar-refractivity contribution < 1.29 is 33.3 Å². The van der Waals surface area contributed by atoms with Crippen LogP contribution >= 0.6 is 11.3 Å². The molecule has 0 N–H and O–H groups in total. The van der Waals surface area contributed by atoms with E-state index in [1.807, 2.05) is 18.2 Å². The van der Waals surface area contributed by atoms with Crippen molar-refractivity contribution in [3.63, 3.8) is 0 Å². The Morgan fingerprint density at radius 1 is 1.00 bits per heavy atom. The Balaban J connectivity index is 1.83. The van der Waals surface area contributed by atoms with Crippen LogP contribution < -0.4 is 33.8 Å². The van der Waals surface area contributed by atoms with E-state index in [-0.39, 0.29) is 29.2 Å². The van der Waals surface area contributed by atoms with Crippen LogP contribution in [0.4, 0.5) is 0 Å². The average Bonchev–Trinajstić information content (AvgIpc) is 3.28. The standard InChI is InChI=1S/C32H36N2O8S/c1-7-9-10-15-41-23-13-11-21(16-25(23)38-5)17-27-30(36)34-29(22-12-14-24(42-20(4)35)26(18-22)39-6)28(31(37)40-8-2)19(3)33-32(34)43-27/h11-14,16-18,29H,7-10,15H2,1-6H3/b27-17-/t29-/m0/s1. The molecule has 10 nitrogen and oxygen atoms in total. The summed E-state index contributed by atoms with van der Waals surface area (Å²) in [6.45, 7) is 7.60. The molecule has 2 aromatic carbocycles. The SMILES string of the molecule is CCCCCOc1ccc(/C=c2\sc3n(c2=O)[C@@H](c2ccc(OC(C)=O)c(OC)c2)C(C(=O)OCC)=C(C)N=3)cc1OC. The molecular weight excluding hydrogens is 572 g/mol. The fraction of sp³-hybridized carbons (Fsp3) is 0.375. The Hall–Kier alpha value is -4.38. The summed E-state index contributed by atoms with van der Waals surface area (Å²) in [6, 6.07) is 9.55. The van der Waals surface area contributed by atoms with Crippen LogP contribution in [0.15, 0.2) is 57.5 Å². The van der Waals surface area contributed by atoms with E-state index in [0.29, 0.717) is 38.7 Å². The van der Waals surface area contributed by atoms with Crippen molar-refractivity contribution in [1.82, 2.24) is 4.57 Å². The van der Waals surface area contributed by atoms with Gasteiger partial charge in [0.05, 0.1) is 49.3 Å². The number of nitrogens with zero attached hydrogens (tertiary/aromatic N) is 2. The quantitative estimate of drug-likeness (QED) is 0.170. The van der Waals surface area contributed by atoms with Gasteiger partial charge in [-0.25, -0.2) is 9.79 Å². The molecule has 3 aromatic rings. The smallest absolute Gasteiger partial charge is 0.338 e. The molecule has 228 valence electrons. The van der Waals surface area contributed by atoms with E-state index in [1.165, 1.54) is 29.9 Å². The lowest BCUT2D eigenvalue weighted by molar-refractivity contribution is -0.139. The van der Waals surface area contributed by atoms with E-state index in [0.717, 1.165) is 24.8 Å². The minimum absolute atomic E-state index is 0.154. The fourth-order valence-corrected chi connectivity index (χ4v) is 5.83. The van der Waals surface area contributed by atoms with Crippen molar-refractivity contribution in [2.75, 3.05) is 27.4 Å². The molecule has 43 heavy (non-hydrogen) atoms. The van der Waals surface area contributed by atoms with Crippen LogP contribution in [-0.2, 0) is 14.3 Å². The summed E-state index contributed by atoms with van der Waals surface area (Å²) in [5.41, 5.74) is 1.64. The maximum atomic E-state index is 14.0. The molecule has 0 radical (unpaired) electrons. The fourth-order valence-electron chi connectivity index (χ4n) is 4.78. The summed E-state index contributed by atoms with van der Waals surface area (Å²) < 4.78 is 29.5. The lowest BCUT2D eigenvalue weighted by Gasteiger charge is -2.25. The second kappa shape index (κ2) is 14.2. The number of fused-ring (bicyclic) bond motifs is 1. The van der Waals surface area contributed by atoms with Gasteiger partial charge in [0.25, 0.3) is 5.56 Å². The predicted molar refractivity (Wildman–Crippen MR) is 163 cm³/mol. The minimum atomic E-state index is -0.855. The number of hydrogen-bond donors (Lipinski definition) is 0. The van der Waals surface area contributed by atoms with Crippen LogP contribution in [0.2, 0.25) is 0 Å². The van der Waals surface area contributed by atoms with Crippen LogP contribution in [0.25, 0.3) is 6.08 Å². The molecule has 0 bridgehead atoms. The summed E-state index contributed by atoms with van der Waals surface area (Å²) in [7, 11) is 3.02. The first-order valence-corrected chi connectivity index (χ1v) is 14.9. The van der Waals surface area contributed by atoms with Crippen molar-refractivity contribution in [3.8, 4) is 23.0 Å². The normalized spacial score (nSPS) is 14.6. The van der Waals surface area contributed by atoms with Crippen molar-refractivity contribution in [2.24, 2.45) is 4.99 Å². The molecule has 1 aliphatic rings. The van der Waals surface area contributed by atoms with Crippen molar-refractivity contribution in [3.05, 3.63) is 78.5 Å². The summed E-state index contributed by atoms with van der Waals surface area (Å²) in [5.74, 6) is 0.613. The second-order valence-electron chi connectivity index (χ2n) is 9.77. The monoisotopic (exact) mass is 608 g/mol. The van der Waals surface area contributed by atoms with Crippen molar-refractivity contribution >= 4 is 29.4 Å². The summed E-state index contributed by atoms with van der Waals surface area (Å²) >= 11 is 1.21. The highest BCUT2D eigenvalue weighted by Crippen LogP contribution is 2.36. The molecule has 11 heteroatoms. The van der Waals surface area contributed by atoms with Crippen LogP contribution in [-0.4, -0.2) is 43.9 Å². The van der Waals surface area contributed by atoms with Gasteiger partial charge in [0.15, 0.2) is 27.8 Å². The largest absolute Gasteiger partial charge is 0.493 e. The topological polar surface area (TPSA) is 115 Å². The van der Waals surface area contributed by atoms with Gasteiger partial charge in [0, 0.05) is 6.92 Å². The van der Waals surface area contributed by atoms with E-state index < -0.39 is 18.0 Å². The first-order valence-electron chi connectivity index (χ1n) is 14.1. The second-order valence-corrected chi connectivity index (χ2v) is 10.8. The molecule has 1 aliphatic heterocycles. The van der Waals surface area contributed by atoms with Gasteiger partial charge >= 0.3 is 11.9 Å². The lowest BCUT2D eigenvalue weighted by Crippen LogP contribution is -2.40. The highest BCUT2D eigenvalue weighted by Gasteiger charge is 2.34. The number of carbonyl (C=O) groups is 2. The predicted octanol–water partition coefficient (Wildman–Crippen LogP) is 4.31. The lowest BCUT2D eigenvalue weighted by atomic mass is 9.95. The molecule has 0 aliphatic carbocycles. The van der Waals surface area contributed by atoms with Crippen molar-refractivity contribution in [1.29, 1.82) is 0 Å². The Labute approximate surface area is 253 Å². The molecule has 0 amide bonds. The third kappa shape index (κ3) is 6.99. The zero-order valence-corrected chi connectivity index (χ0v) is 26.0. The van der Waals surface area contributed by atoms with Gasteiger partial charge in [-0.3, -0.25) is 14.2 Å². The van der Waals surface area contributed by atoms with E-state index in [1.54, 1.807) is 45.2 Å². The zero-order chi connectivity index (χ0) is 31.1. The first kappa shape index (κ1) is 31.6. The molecular formula is C32H36N2O8S.